The smallest absolute Gasteiger partial charge is 0.334 e. The van der Waals surface area contributed by atoms with Gasteiger partial charge in [0.15, 0.2) is 5.78 Å². The van der Waals surface area contributed by atoms with Gasteiger partial charge in [0.1, 0.15) is 18.3 Å². The van der Waals surface area contributed by atoms with Crippen molar-refractivity contribution in [3.8, 4) is 0 Å². The van der Waals surface area contributed by atoms with Gasteiger partial charge in [-0.25, -0.2) is 4.79 Å². The summed E-state index contributed by atoms with van der Waals surface area (Å²) in [5.41, 5.74) is -0.980. The predicted octanol–water partition coefficient (Wildman–Crippen LogP) is 1.36. The van der Waals surface area contributed by atoms with Gasteiger partial charge in [0.05, 0.1) is 11.3 Å². The second kappa shape index (κ2) is 6.07. The van der Waals surface area contributed by atoms with Crippen LogP contribution in [-0.4, -0.2) is 42.0 Å². The molecule has 1 aliphatic heterocycles. The van der Waals surface area contributed by atoms with Gasteiger partial charge in [-0.2, -0.15) is 0 Å². The quantitative estimate of drug-likeness (QED) is 0.416. The fourth-order valence-corrected chi connectivity index (χ4v) is 4.64. The molecule has 0 aromatic heterocycles. The summed E-state index contributed by atoms with van der Waals surface area (Å²) in [6, 6.07) is 0. The minimum Gasteiger partial charge on any atom is -0.461 e. The van der Waals surface area contributed by atoms with Gasteiger partial charge in [-0.1, -0.05) is 19.6 Å². The molecule has 140 valence electrons. The van der Waals surface area contributed by atoms with Crippen LogP contribution >= 0.6 is 0 Å². The Labute approximate surface area is 151 Å². The Morgan fingerprint density at radius 1 is 1.19 bits per heavy atom. The first-order valence-corrected chi connectivity index (χ1v) is 8.55. The van der Waals surface area contributed by atoms with Crippen molar-refractivity contribution in [3.05, 3.63) is 24.3 Å². The van der Waals surface area contributed by atoms with Gasteiger partial charge in [0.25, 0.3) is 0 Å². The minimum atomic E-state index is -1.10. The van der Waals surface area contributed by atoms with Crippen molar-refractivity contribution in [2.75, 3.05) is 0 Å². The normalized spacial score (nSPS) is 41.2. The zero-order valence-electron chi connectivity index (χ0n) is 15.2. The first-order chi connectivity index (χ1) is 12.1. The molecule has 3 aliphatic rings. The van der Waals surface area contributed by atoms with E-state index in [9.17, 15) is 19.2 Å². The first kappa shape index (κ1) is 18.4. The van der Waals surface area contributed by atoms with E-state index >= 15 is 0 Å². The standard InChI is InChI=1S/C19H22O7/c1-8-12-6-7-13(22)19(12,5)17(25-11(4)21)14-9(2)18(23)26-16(14)15(8)24-10(3)20/h6-8,12,14-17H,2H2,1,3-5H3/t8-,12-,14+,15+,16+,17-,19-/m0/s1. The molecule has 7 nitrogen and oxygen atoms in total. The van der Waals surface area contributed by atoms with E-state index in [0.717, 1.165) is 0 Å². The van der Waals surface area contributed by atoms with Crippen LogP contribution in [0.4, 0.5) is 0 Å². The van der Waals surface area contributed by atoms with Gasteiger partial charge in [-0.15, -0.1) is 0 Å². The maximum Gasteiger partial charge on any atom is 0.334 e. The number of fused-ring (bicyclic) bond motifs is 2. The van der Waals surface area contributed by atoms with E-state index in [-0.39, 0.29) is 23.2 Å². The van der Waals surface area contributed by atoms with Gasteiger partial charge in [-0.05, 0) is 18.9 Å². The molecule has 26 heavy (non-hydrogen) atoms. The fourth-order valence-electron chi connectivity index (χ4n) is 4.64. The molecule has 0 N–H and O–H groups in total. The van der Waals surface area contributed by atoms with Crippen molar-refractivity contribution < 1.29 is 33.4 Å². The molecular formula is C19H22O7. The number of ether oxygens (including phenoxy) is 3. The number of rotatable bonds is 2. The molecule has 7 heteroatoms. The topological polar surface area (TPSA) is 96.0 Å². The maximum atomic E-state index is 12.8. The molecule has 1 heterocycles. The Balaban J connectivity index is 2.18. The van der Waals surface area contributed by atoms with Crippen LogP contribution in [0.25, 0.3) is 0 Å². The van der Waals surface area contributed by atoms with Crippen LogP contribution in [0.15, 0.2) is 24.3 Å². The van der Waals surface area contributed by atoms with E-state index in [2.05, 4.69) is 6.58 Å². The van der Waals surface area contributed by atoms with Gasteiger partial charge >= 0.3 is 17.9 Å². The summed E-state index contributed by atoms with van der Waals surface area (Å²) in [5, 5.41) is 0. The molecule has 3 rings (SSSR count). The summed E-state index contributed by atoms with van der Waals surface area (Å²) in [4.78, 5) is 48.4. The lowest BCUT2D eigenvalue weighted by Crippen LogP contribution is -2.49. The van der Waals surface area contributed by atoms with Crippen molar-refractivity contribution in [2.24, 2.45) is 23.2 Å². The fraction of sp³-hybridized carbons (Fsp3) is 0.579. The second-order valence-electron chi connectivity index (χ2n) is 7.42. The molecule has 1 saturated heterocycles. The largest absolute Gasteiger partial charge is 0.461 e. The molecule has 0 unspecified atom stereocenters. The van der Waals surface area contributed by atoms with Gasteiger partial charge < -0.3 is 14.2 Å². The zero-order chi connectivity index (χ0) is 19.4. The summed E-state index contributed by atoms with van der Waals surface area (Å²) < 4.78 is 16.5. The number of ketones is 1. The van der Waals surface area contributed by atoms with E-state index in [1.54, 1.807) is 13.0 Å². The molecule has 2 fully saturated rings. The molecule has 0 bridgehead atoms. The third kappa shape index (κ3) is 2.48. The van der Waals surface area contributed by atoms with Crippen LogP contribution in [0.3, 0.4) is 0 Å². The van der Waals surface area contributed by atoms with Gasteiger partial charge in [0.2, 0.25) is 0 Å². The van der Waals surface area contributed by atoms with Crippen LogP contribution in [-0.2, 0) is 33.4 Å². The first-order valence-electron chi connectivity index (χ1n) is 8.55. The van der Waals surface area contributed by atoms with E-state index in [1.807, 2.05) is 6.92 Å². The lowest BCUT2D eigenvalue weighted by molar-refractivity contribution is -0.168. The van der Waals surface area contributed by atoms with Crippen LogP contribution < -0.4 is 0 Å². The molecule has 0 amide bonds. The van der Waals surface area contributed by atoms with Gasteiger partial charge in [0, 0.05) is 25.3 Å². The minimum absolute atomic E-state index is 0.118. The highest BCUT2D eigenvalue weighted by Gasteiger charge is 2.65. The summed E-state index contributed by atoms with van der Waals surface area (Å²) in [6.07, 6.45) is 0.636. The van der Waals surface area contributed by atoms with Crippen molar-refractivity contribution in [1.82, 2.24) is 0 Å². The van der Waals surface area contributed by atoms with Crippen molar-refractivity contribution in [1.29, 1.82) is 0 Å². The number of carbonyl (C=O) groups is 4. The van der Waals surface area contributed by atoms with E-state index in [1.165, 1.54) is 19.9 Å². The Bertz CT molecular complexity index is 736. The molecule has 0 radical (unpaired) electrons. The number of allylic oxidation sites excluding steroid dienone is 2. The molecule has 2 aliphatic carbocycles. The van der Waals surface area contributed by atoms with Crippen LogP contribution in [0.5, 0.6) is 0 Å². The molecule has 0 aromatic carbocycles. The third-order valence-electron chi connectivity index (χ3n) is 5.86. The Hall–Kier alpha value is -2.44. The Kier molecular flexibility index (Phi) is 4.29. The number of hydrogen-bond acceptors (Lipinski definition) is 7. The average Bonchev–Trinajstić information content (AvgIpc) is 2.98. The third-order valence-corrected chi connectivity index (χ3v) is 5.86. The number of hydrogen-bond donors (Lipinski definition) is 0. The lowest BCUT2D eigenvalue weighted by Gasteiger charge is -2.39. The molecule has 0 spiro atoms. The Morgan fingerprint density at radius 2 is 1.81 bits per heavy atom. The lowest BCUT2D eigenvalue weighted by atomic mass is 9.67. The number of carbonyl (C=O) groups excluding carboxylic acids is 4. The van der Waals surface area contributed by atoms with Crippen LogP contribution in [0, 0.1) is 23.2 Å². The van der Waals surface area contributed by atoms with Crippen molar-refractivity contribution >= 4 is 23.7 Å². The number of esters is 3. The van der Waals surface area contributed by atoms with E-state index in [0.29, 0.717) is 0 Å². The second-order valence-corrected chi connectivity index (χ2v) is 7.42. The maximum absolute atomic E-state index is 12.8. The monoisotopic (exact) mass is 362 g/mol. The predicted molar refractivity (Wildman–Crippen MR) is 88.5 cm³/mol. The van der Waals surface area contributed by atoms with Crippen molar-refractivity contribution in [3.63, 3.8) is 0 Å². The molecular weight excluding hydrogens is 340 g/mol. The van der Waals surface area contributed by atoms with Crippen LogP contribution in [0.2, 0.25) is 0 Å². The molecule has 0 aromatic rings. The van der Waals surface area contributed by atoms with Crippen LogP contribution in [0.1, 0.15) is 27.7 Å². The SMILES string of the molecule is C=C1C(=O)O[C@H]2[C@H](OC(C)=O)[C@@H](C)[C@@H]3C=CC(=O)[C@@]3(C)[C@@H](OC(C)=O)[C@H]12. The average molecular weight is 362 g/mol. The zero-order valence-corrected chi connectivity index (χ0v) is 15.2. The summed E-state index contributed by atoms with van der Waals surface area (Å²) in [5.74, 6) is -3.37. The molecule has 1 saturated carbocycles. The summed E-state index contributed by atoms with van der Waals surface area (Å²) >= 11 is 0. The summed E-state index contributed by atoms with van der Waals surface area (Å²) in [7, 11) is 0. The molecule has 7 atom stereocenters. The van der Waals surface area contributed by atoms with E-state index < -0.39 is 47.6 Å². The summed E-state index contributed by atoms with van der Waals surface area (Å²) in [6.45, 7) is 9.86. The highest BCUT2D eigenvalue weighted by atomic mass is 16.6. The van der Waals surface area contributed by atoms with Crippen molar-refractivity contribution in [2.45, 2.75) is 46.0 Å². The highest BCUT2D eigenvalue weighted by Crippen LogP contribution is 2.54. The van der Waals surface area contributed by atoms with Gasteiger partial charge in [-0.3, -0.25) is 14.4 Å². The Morgan fingerprint density at radius 3 is 2.38 bits per heavy atom. The highest BCUT2D eigenvalue weighted by molar-refractivity contribution is 5.99. The van der Waals surface area contributed by atoms with E-state index in [4.69, 9.17) is 14.2 Å².